The number of nitrogens with one attached hydrogen (secondary N) is 1. The second-order valence-electron chi connectivity index (χ2n) is 7.41. The fraction of sp³-hybridized carbons (Fsp3) is 0.385. The van der Waals surface area contributed by atoms with Crippen molar-refractivity contribution in [2.24, 2.45) is 5.92 Å². The summed E-state index contributed by atoms with van der Waals surface area (Å²) in [5.74, 6) is -0.491. The van der Waals surface area contributed by atoms with Crippen molar-refractivity contribution < 1.29 is 33.3 Å². The molecule has 0 aliphatic rings. The minimum atomic E-state index is -0.729. The zero-order chi connectivity index (χ0) is 24.9. The minimum Gasteiger partial charge on any atom is -0.497 e. The van der Waals surface area contributed by atoms with Gasteiger partial charge in [-0.2, -0.15) is 0 Å². The number of hydrogen-bond acceptors (Lipinski definition) is 8. The van der Waals surface area contributed by atoms with E-state index in [1.807, 2.05) is 24.3 Å². The molecule has 2 rings (SSSR count). The van der Waals surface area contributed by atoms with Gasteiger partial charge in [-0.05, 0) is 60.9 Å². The predicted octanol–water partition coefficient (Wildman–Crippen LogP) is 4.17. The van der Waals surface area contributed by atoms with Gasteiger partial charge in [0.15, 0.2) is 0 Å². The maximum absolute atomic E-state index is 13.0. The number of ether oxygens (including phenoxy) is 5. The molecule has 8 nitrogen and oxygen atoms in total. The molecule has 8 heteroatoms. The highest BCUT2D eigenvalue weighted by Crippen LogP contribution is 2.31. The Morgan fingerprint density at radius 1 is 0.971 bits per heavy atom. The number of anilines is 1. The van der Waals surface area contributed by atoms with Gasteiger partial charge in [-0.3, -0.25) is 0 Å². The van der Waals surface area contributed by atoms with Crippen LogP contribution in [0.25, 0.3) is 5.57 Å². The van der Waals surface area contributed by atoms with E-state index in [4.69, 9.17) is 23.7 Å². The first-order valence-electron chi connectivity index (χ1n) is 11.0. The highest BCUT2D eigenvalue weighted by atomic mass is 16.7. The Morgan fingerprint density at radius 2 is 1.62 bits per heavy atom. The molecule has 0 heterocycles. The van der Waals surface area contributed by atoms with Crippen LogP contribution in [0.2, 0.25) is 0 Å². The third-order valence-electron chi connectivity index (χ3n) is 5.25. The van der Waals surface area contributed by atoms with Crippen LogP contribution >= 0.6 is 0 Å². The van der Waals surface area contributed by atoms with Gasteiger partial charge in [-0.1, -0.05) is 18.7 Å². The third kappa shape index (κ3) is 7.60. The molecule has 2 atom stereocenters. The fourth-order valence-corrected chi connectivity index (χ4v) is 3.47. The van der Waals surface area contributed by atoms with Crippen molar-refractivity contribution in [3.63, 3.8) is 0 Å². The summed E-state index contributed by atoms with van der Waals surface area (Å²) in [5.41, 5.74) is 2.65. The molecule has 0 radical (unpaired) electrons. The van der Waals surface area contributed by atoms with Crippen molar-refractivity contribution in [3.8, 4) is 5.75 Å². The lowest BCUT2D eigenvalue weighted by Gasteiger charge is -2.29. The molecule has 2 aromatic carbocycles. The Kier molecular flexibility index (Phi) is 11.1. The van der Waals surface area contributed by atoms with Crippen LogP contribution in [0.1, 0.15) is 29.3 Å². The SMILES string of the molecule is C=C(c1ccc(C(=O)OC)cc1)C(CCOCOC)C(Nc1ccc(OC)cc1)C(=O)OCC. The first-order valence-corrected chi connectivity index (χ1v) is 11.0. The van der Waals surface area contributed by atoms with Crippen molar-refractivity contribution in [1.29, 1.82) is 0 Å². The summed E-state index contributed by atoms with van der Waals surface area (Å²) in [5, 5.41) is 3.29. The molecule has 0 spiro atoms. The molecule has 0 amide bonds. The van der Waals surface area contributed by atoms with E-state index in [0.717, 1.165) is 11.3 Å². The lowest BCUT2D eigenvalue weighted by atomic mass is 9.84. The third-order valence-corrected chi connectivity index (χ3v) is 5.25. The quantitative estimate of drug-likeness (QED) is 0.249. The van der Waals surface area contributed by atoms with Gasteiger partial charge in [0.25, 0.3) is 0 Å². The standard InChI is InChI=1S/C26H33NO7/c1-6-34-26(29)24(27-21-11-13-22(31-4)14-12-21)23(15-16-33-17-30-3)18(2)19-7-9-20(10-8-19)25(28)32-5/h7-14,23-24,27H,2,6,15-17H2,1,3-5H3. The van der Waals surface area contributed by atoms with E-state index in [1.54, 1.807) is 45.4 Å². The molecule has 0 saturated heterocycles. The van der Waals surface area contributed by atoms with Crippen LogP contribution in [0.15, 0.2) is 55.1 Å². The predicted molar refractivity (Wildman–Crippen MR) is 130 cm³/mol. The van der Waals surface area contributed by atoms with E-state index in [0.29, 0.717) is 29.9 Å². The topological polar surface area (TPSA) is 92.3 Å². The van der Waals surface area contributed by atoms with Gasteiger partial charge in [0.2, 0.25) is 0 Å². The van der Waals surface area contributed by atoms with Crippen LogP contribution in [-0.4, -0.2) is 59.3 Å². The highest BCUT2D eigenvalue weighted by Gasteiger charge is 2.32. The Balaban J connectivity index is 2.36. The summed E-state index contributed by atoms with van der Waals surface area (Å²) in [6.45, 7) is 6.77. The van der Waals surface area contributed by atoms with E-state index in [-0.39, 0.29) is 19.3 Å². The first kappa shape index (κ1) is 26.9. The molecular weight excluding hydrogens is 438 g/mol. The summed E-state index contributed by atoms with van der Waals surface area (Å²) in [6, 6.07) is 13.5. The molecular formula is C26H33NO7. The van der Waals surface area contributed by atoms with Gasteiger partial charge < -0.3 is 29.0 Å². The maximum Gasteiger partial charge on any atom is 0.337 e. The molecule has 0 aliphatic heterocycles. The second kappa shape index (κ2) is 14.0. The molecule has 184 valence electrons. The molecule has 0 bridgehead atoms. The molecule has 1 N–H and O–H groups in total. The van der Waals surface area contributed by atoms with Crippen LogP contribution < -0.4 is 10.1 Å². The molecule has 0 saturated carbocycles. The fourth-order valence-electron chi connectivity index (χ4n) is 3.47. The number of benzene rings is 2. The summed E-state index contributed by atoms with van der Waals surface area (Å²) in [6.07, 6.45) is 0.480. The Hall–Kier alpha value is -3.36. The molecule has 34 heavy (non-hydrogen) atoms. The summed E-state index contributed by atoms with van der Waals surface area (Å²) < 4.78 is 25.9. The normalized spacial score (nSPS) is 12.4. The van der Waals surface area contributed by atoms with E-state index >= 15 is 0 Å². The average molecular weight is 472 g/mol. The summed E-state index contributed by atoms with van der Waals surface area (Å²) in [4.78, 5) is 24.8. The van der Waals surface area contributed by atoms with Crippen molar-refractivity contribution >= 4 is 23.2 Å². The Labute approximate surface area is 200 Å². The maximum atomic E-state index is 13.0. The van der Waals surface area contributed by atoms with Crippen LogP contribution in [-0.2, 0) is 23.7 Å². The first-order chi connectivity index (χ1) is 16.4. The summed E-state index contributed by atoms with van der Waals surface area (Å²) >= 11 is 0. The van der Waals surface area contributed by atoms with Crippen LogP contribution in [0.3, 0.4) is 0 Å². The van der Waals surface area contributed by atoms with Gasteiger partial charge in [0.05, 0.1) is 33.0 Å². The minimum absolute atomic E-state index is 0.142. The number of carbonyl (C=O) groups is 2. The Morgan fingerprint density at radius 3 is 2.18 bits per heavy atom. The second-order valence-corrected chi connectivity index (χ2v) is 7.41. The van der Waals surface area contributed by atoms with Gasteiger partial charge >= 0.3 is 11.9 Å². The van der Waals surface area contributed by atoms with E-state index < -0.39 is 18.0 Å². The van der Waals surface area contributed by atoms with Crippen LogP contribution in [0, 0.1) is 5.92 Å². The van der Waals surface area contributed by atoms with Gasteiger partial charge in [-0.25, -0.2) is 9.59 Å². The lowest BCUT2D eigenvalue weighted by Crippen LogP contribution is -2.39. The summed E-state index contributed by atoms with van der Waals surface area (Å²) in [7, 11) is 4.47. The van der Waals surface area contributed by atoms with Gasteiger partial charge in [0, 0.05) is 18.7 Å². The molecule has 0 aromatic heterocycles. The Bertz CT molecular complexity index is 925. The van der Waals surface area contributed by atoms with E-state index in [9.17, 15) is 9.59 Å². The molecule has 0 aliphatic carbocycles. The zero-order valence-corrected chi connectivity index (χ0v) is 20.2. The molecule has 0 fully saturated rings. The molecule has 2 unspecified atom stereocenters. The smallest absolute Gasteiger partial charge is 0.337 e. The van der Waals surface area contributed by atoms with Crippen LogP contribution in [0.5, 0.6) is 5.75 Å². The number of carbonyl (C=O) groups excluding carboxylic acids is 2. The largest absolute Gasteiger partial charge is 0.497 e. The van der Waals surface area contributed by atoms with Gasteiger partial charge in [0.1, 0.15) is 18.6 Å². The molecule has 2 aromatic rings. The van der Waals surface area contributed by atoms with Crippen molar-refractivity contribution in [3.05, 3.63) is 66.2 Å². The highest BCUT2D eigenvalue weighted by molar-refractivity contribution is 5.90. The number of hydrogen-bond donors (Lipinski definition) is 1. The van der Waals surface area contributed by atoms with E-state index in [2.05, 4.69) is 11.9 Å². The average Bonchev–Trinajstić information content (AvgIpc) is 2.87. The van der Waals surface area contributed by atoms with Gasteiger partial charge in [-0.15, -0.1) is 0 Å². The number of esters is 2. The monoisotopic (exact) mass is 471 g/mol. The van der Waals surface area contributed by atoms with E-state index in [1.165, 1.54) is 7.11 Å². The number of methoxy groups -OCH3 is 3. The van der Waals surface area contributed by atoms with Crippen molar-refractivity contribution in [2.45, 2.75) is 19.4 Å². The zero-order valence-electron chi connectivity index (χ0n) is 20.2. The van der Waals surface area contributed by atoms with Crippen molar-refractivity contribution in [2.75, 3.05) is 46.7 Å². The lowest BCUT2D eigenvalue weighted by molar-refractivity contribution is -0.145. The van der Waals surface area contributed by atoms with Crippen LogP contribution in [0.4, 0.5) is 5.69 Å². The number of rotatable bonds is 14. The van der Waals surface area contributed by atoms with Crippen molar-refractivity contribution in [1.82, 2.24) is 0 Å².